The molecule has 3 rings (SSSR count). The summed E-state index contributed by atoms with van der Waals surface area (Å²) < 4.78 is 1.99. The van der Waals surface area contributed by atoms with Crippen molar-refractivity contribution in [1.29, 1.82) is 0 Å². The smallest absolute Gasteiger partial charge is 0.0859 e. The third-order valence-electron chi connectivity index (χ3n) is 5.93. The van der Waals surface area contributed by atoms with Gasteiger partial charge in [0.15, 0.2) is 0 Å². The van der Waals surface area contributed by atoms with Gasteiger partial charge in [-0.3, -0.25) is 4.68 Å². The average molecular weight is 304 g/mol. The van der Waals surface area contributed by atoms with Crippen molar-refractivity contribution in [3.8, 4) is 0 Å². The zero-order valence-corrected chi connectivity index (χ0v) is 14.7. The Balaban J connectivity index is 1.51. The van der Waals surface area contributed by atoms with Crippen molar-refractivity contribution >= 4 is 0 Å². The van der Waals surface area contributed by atoms with E-state index in [1.807, 2.05) is 11.7 Å². The standard InChI is InChI=1S/C18H32N4/c1-5-6-11-18(2,3)19-12-15-13-7-9-16-17(10-8-14(13)15)22(4)21-20-16/h13-15,19H,5-12H2,1-4H3/t13-,14+,15-/m0/s1. The second kappa shape index (κ2) is 6.31. The minimum atomic E-state index is 0.294. The number of nitrogens with one attached hydrogen (secondary N) is 1. The first-order chi connectivity index (χ1) is 10.5. The fourth-order valence-corrected chi connectivity index (χ4v) is 4.31. The van der Waals surface area contributed by atoms with Crippen LogP contribution in [-0.4, -0.2) is 27.1 Å². The van der Waals surface area contributed by atoms with Crippen LogP contribution in [0, 0.1) is 17.8 Å². The zero-order chi connectivity index (χ0) is 15.7. The normalized spacial score (nSPS) is 27.7. The molecule has 2 aliphatic carbocycles. The summed E-state index contributed by atoms with van der Waals surface area (Å²) in [5.74, 6) is 2.74. The number of aryl methyl sites for hydroxylation is 2. The SMILES string of the molecule is CCCCC(C)(C)NC[C@@H]1[C@@H]2CCc3c(nnn3C)CC[C@@H]21. The minimum Gasteiger partial charge on any atom is -0.311 e. The summed E-state index contributed by atoms with van der Waals surface area (Å²) in [6.07, 6.45) is 8.81. The van der Waals surface area contributed by atoms with E-state index in [4.69, 9.17) is 0 Å². The molecule has 4 heteroatoms. The van der Waals surface area contributed by atoms with Gasteiger partial charge in [0.2, 0.25) is 0 Å². The summed E-state index contributed by atoms with van der Waals surface area (Å²) in [6.45, 7) is 8.20. The average Bonchev–Trinajstić information content (AvgIpc) is 3.00. The fourth-order valence-electron chi connectivity index (χ4n) is 4.31. The van der Waals surface area contributed by atoms with Gasteiger partial charge in [-0.2, -0.15) is 0 Å². The van der Waals surface area contributed by atoms with Gasteiger partial charge in [-0.25, -0.2) is 0 Å². The largest absolute Gasteiger partial charge is 0.311 e. The van der Waals surface area contributed by atoms with Crippen molar-refractivity contribution in [3.05, 3.63) is 11.4 Å². The first-order valence-electron chi connectivity index (χ1n) is 9.14. The van der Waals surface area contributed by atoms with Crippen molar-refractivity contribution in [2.75, 3.05) is 6.54 Å². The van der Waals surface area contributed by atoms with Crippen molar-refractivity contribution in [3.63, 3.8) is 0 Å². The van der Waals surface area contributed by atoms with Crippen molar-refractivity contribution in [2.45, 2.75) is 71.3 Å². The molecule has 1 aromatic rings. The van der Waals surface area contributed by atoms with Gasteiger partial charge in [-0.15, -0.1) is 5.10 Å². The maximum absolute atomic E-state index is 4.35. The number of hydrogen-bond acceptors (Lipinski definition) is 3. The summed E-state index contributed by atoms with van der Waals surface area (Å²) in [6, 6.07) is 0. The molecule has 0 amide bonds. The molecular formula is C18H32N4. The van der Waals surface area contributed by atoms with Gasteiger partial charge in [0.1, 0.15) is 0 Å². The van der Waals surface area contributed by atoms with Crippen LogP contribution in [0.2, 0.25) is 0 Å². The lowest BCUT2D eigenvalue weighted by atomic mass is 9.97. The number of nitrogens with zero attached hydrogens (tertiary/aromatic N) is 3. The first-order valence-corrected chi connectivity index (χ1v) is 9.14. The maximum Gasteiger partial charge on any atom is 0.0859 e. The van der Waals surface area contributed by atoms with Gasteiger partial charge in [0, 0.05) is 12.6 Å². The Morgan fingerprint density at radius 1 is 1.23 bits per heavy atom. The summed E-state index contributed by atoms with van der Waals surface area (Å²) in [5, 5.41) is 12.4. The van der Waals surface area contributed by atoms with Crippen LogP contribution >= 0.6 is 0 Å². The molecule has 1 heterocycles. The van der Waals surface area contributed by atoms with E-state index < -0.39 is 0 Å². The molecule has 0 saturated heterocycles. The van der Waals surface area contributed by atoms with E-state index in [9.17, 15) is 0 Å². The van der Waals surface area contributed by atoms with Gasteiger partial charge in [0.25, 0.3) is 0 Å². The molecule has 22 heavy (non-hydrogen) atoms. The second-order valence-electron chi connectivity index (χ2n) is 8.04. The van der Waals surface area contributed by atoms with Gasteiger partial charge in [-0.1, -0.05) is 25.0 Å². The molecule has 0 radical (unpaired) electrons. The molecular weight excluding hydrogens is 272 g/mol. The molecule has 124 valence electrons. The number of aromatic nitrogens is 3. The molecule has 0 aromatic carbocycles. The Morgan fingerprint density at radius 2 is 1.95 bits per heavy atom. The van der Waals surface area contributed by atoms with Gasteiger partial charge in [-0.05, 0) is 70.3 Å². The number of unbranched alkanes of at least 4 members (excludes halogenated alkanes) is 1. The number of rotatable bonds is 6. The van der Waals surface area contributed by atoms with E-state index in [1.165, 1.54) is 50.0 Å². The lowest BCUT2D eigenvalue weighted by molar-refractivity contribution is 0.339. The monoisotopic (exact) mass is 304 g/mol. The van der Waals surface area contributed by atoms with Crippen LogP contribution in [0.4, 0.5) is 0 Å². The highest BCUT2D eigenvalue weighted by Crippen LogP contribution is 2.52. The first kappa shape index (κ1) is 16.0. The predicted molar refractivity (Wildman–Crippen MR) is 89.7 cm³/mol. The van der Waals surface area contributed by atoms with Crippen LogP contribution in [0.1, 0.15) is 64.3 Å². The summed E-state index contributed by atoms with van der Waals surface area (Å²) in [7, 11) is 2.03. The van der Waals surface area contributed by atoms with E-state index in [0.717, 1.165) is 30.6 Å². The van der Waals surface area contributed by atoms with Crippen LogP contribution in [0.5, 0.6) is 0 Å². The Labute approximate surface area is 135 Å². The molecule has 1 fully saturated rings. The predicted octanol–water partition coefficient (Wildman–Crippen LogP) is 3.11. The number of hydrogen-bond donors (Lipinski definition) is 1. The molecule has 1 saturated carbocycles. The molecule has 0 bridgehead atoms. The summed E-state index contributed by atoms with van der Waals surface area (Å²) in [5.41, 5.74) is 2.92. The molecule has 0 spiro atoms. The Kier molecular flexibility index (Phi) is 4.58. The summed E-state index contributed by atoms with van der Waals surface area (Å²) in [4.78, 5) is 0. The molecule has 1 N–H and O–H groups in total. The van der Waals surface area contributed by atoms with Gasteiger partial charge in [0.05, 0.1) is 11.4 Å². The van der Waals surface area contributed by atoms with Crippen molar-refractivity contribution in [1.82, 2.24) is 20.3 Å². The molecule has 3 atom stereocenters. The Morgan fingerprint density at radius 3 is 2.68 bits per heavy atom. The zero-order valence-electron chi connectivity index (χ0n) is 14.7. The fraction of sp³-hybridized carbons (Fsp3) is 0.889. The van der Waals surface area contributed by atoms with Crippen LogP contribution in [0.15, 0.2) is 0 Å². The quantitative estimate of drug-likeness (QED) is 0.878. The van der Waals surface area contributed by atoms with E-state index in [-0.39, 0.29) is 0 Å². The maximum atomic E-state index is 4.35. The van der Waals surface area contributed by atoms with Crippen LogP contribution in [-0.2, 0) is 19.9 Å². The van der Waals surface area contributed by atoms with Crippen molar-refractivity contribution in [2.24, 2.45) is 24.8 Å². The third-order valence-corrected chi connectivity index (χ3v) is 5.93. The minimum absolute atomic E-state index is 0.294. The van der Waals surface area contributed by atoms with E-state index in [0.29, 0.717) is 5.54 Å². The van der Waals surface area contributed by atoms with Crippen LogP contribution < -0.4 is 5.32 Å². The van der Waals surface area contributed by atoms with Crippen LogP contribution in [0.25, 0.3) is 0 Å². The van der Waals surface area contributed by atoms with Crippen molar-refractivity contribution < 1.29 is 0 Å². The second-order valence-corrected chi connectivity index (χ2v) is 8.04. The highest BCUT2D eigenvalue weighted by Gasteiger charge is 2.49. The lowest BCUT2D eigenvalue weighted by Crippen LogP contribution is -2.40. The van der Waals surface area contributed by atoms with E-state index in [1.54, 1.807) is 0 Å². The van der Waals surface area contributed by atoms with Crippen LogP contribution in [0.3, 0.4) is 0 Å². The molecule has 0 unspecified atom stereocenters. The molecule has 4 nitrogen and oxygen atoms in total. The molecule has 2 aliphatic rings. The van der Waals surface area contributed by atoms with Gasteiger partial charge < -0.3 is 5.32 Å². The molecule has 1 aromatic heterocycles. The number of fused-ring (bicyclic) bond motifs is 2. The third kappa shape index (κ3) is 3.37. The highest BCUT2D eigenvalue weighted by atomic mass is 15.4. The molecule has 0 aliphatic heterocycles. The van der Waals surface area contributed by atoms with E-state index >= 15 is 0 Å². The highest BCUT2D eigenvalue weighted by molar-refractivity contribution is 5.15. The summed E-state index contributed by atoms with van der Waals surface area (Å²) >= 11 is 0. The van der Waals surface area contributed by atoms with E-state index in [2.05, 4.69) is 36.4 Å². The Hall–Kier alpha value is -0.900. The van der Waals surface area contributed by atoms with Gasteiger partial charge >= 0.3 is 0 Å². The Bertz CT molecular complexity index is 505. The topological polar surface area (TPSA) is 42.7 Å². The lowest BCUT2D eigenvalue weighted by Gasteiger charge is -2.26.